The number of carbonyl (C=O) groups excluding carboxylic acids is 1. The second-order valence-corrected chi connectivity index (χ2v) is 5.04. The molecule has 0 heterocycles. The Labute approximate surface area is 115 Å². The van der Waals surface area contributed by atoms with Crippen LogP contribution in [-0.4, -0.2) is 23.8 Å². The number of benzene rings is 1. The van der Waals surface area contributed by atoms with Crippen molar-refractivity contribution in [1.29, 1.82) is 0 Å². The van der Waals surface area contributed by atoms with Crippen LogP contribution < -0.4 is 10.6 Å². The van der Waals surface area contributed by atoms with Crippen molar-refractivity contribution >= 4 is 6.03 Å². The number of hydrogen-bond donors (Lipinski definition) is 3. The van der Waals surface area contributed by atoms with Gasteiger partial charge in [0.15, 0.2) is 0 Å². The maximum absolute atomic E-state index is 11.8. The van der Waals surface area contributed by atoms with Crippen LogP contribution >= 0.6 is 0 Å². The fraction of sp³-hybridized carbons (Fsp3) is 0.533. The van der Waals surface area contributed by atoms with Crippen LogP contribution in [0.2, 0.25) is 0 Å². The molecule has 3 N–H and O–H groups in total. The van der Waals surface area contributed by atoms with Gasteiger partial charge in [0.25, 0.3) is 0 Å². The van der Waals surface area contributed by atoms with Gasteiger partial charge in [-0.1, -0.05) is 18.2 Å². The minimum Gasteiger partial charge on any atom is -0.396 e. The molecule has 19 heavy (non-hydrogen) atoms. The summed E-state index contributed by atoms with van der Waals surface area (Å²) in [5.41, 5.74) is 3.56. The van der Waals surface area contributed by atoms with E-state index in [0.717, 1.165) is 5.56 Å². The first-order valence-electron chi connectivity index (χ1n) is 6.69. The molecular formula is C15H24N2O2. The highest BCUT2D eigenvalue weighted by Gasteiger charge is 2.13. The zero-order valence-corrected chi connectivity index (χ0v) is 12.2. The summed E-state index contributed by atoms with van der Waals surface area (Å²) >= 11 is 0. The highest BCUT2D eigenvalue weighted by molar-refractivity contribution is 5.74. The molecule has 0 saturated carbocycles. The van der Waals surface area contributed by atoms with E-state index in [1.54, 1.807) is 0 Å². The minimum atomic E-state index is -0.200. The van der Waals surface area contributed by atoms with Gasteiger partial charge in [-0.25, -0.2) is 4.79 Å². The molecule has 0 spiro atoms. The molecule has 0 saturated heterocycles. The summed E-state index contributed by atoms with van der Waals surface area (Å²) in [6, 6.07) is 5.83. The third-order valence-electron chi connectivity index (χ3n) is 3.40. The molecule has 1 aromatic rings. The topological polar surface area (TPSA) is 61.4 Å². The van der Waals surface area contributed by atoms with Crippen LogP contribution in [0.15, 0.2) is 18.2 Å². The van der Waals surface area contributed by atoms with E-state index in [0.29, 0.717) is 6.42 Å². The summed E-state index contributed by atoms with van der Waals surface area (Å²) in [4.78, 5) is 11.8. The Hall–Kier alpha value is -1.55. The van der Waals surface area contributed by atoms with Gasteiger partial charge < -0.3 is 15.7 Å². The maximum Gasteiger partial charge on any atom is 0.315 e. The molecule has 2 atom stereocenters. The van der Waals surface area contributed by atoms with E-state index >= 15 is 0 Å². The van der Waals surface area contributed by atoms with E-state index in [9.17, 15) is 4.79 Å². The molecule has 0 bridgehead atoms. The van der Waals surface area contributed by atoms with Gasteiger partial charge in [0, 0.05) is 12.6 Å². The van der Waals surface area contributed by atoms with Crippen LogP contribution in [0.25, 0.3) is 0 Å². The number of aliphatic hydroxyl groups is 1. The fourth-order valence-corrected chi connectivity index (χ4v) is 2.05. The Morgan fingerprint density at radius 2 is 1.95 bits per heavy atom. The van der Waals surface area contributed by atoms with E-state index in [1.165, 1.54) is 11.1 Å². The van der Waals surface area contributed by atoms with Crippen LogP contribution in [0.1, 0.15) is 43.0 Å². The first-order chi connectivity index (χ1) is 8.95. The van der Waals surface area contributed by atoms with Crippen LogP contribution in [0.4, 0.5) is 4.79 Å². The Balaban J connectivity index is 2.61. The highest BCUT2D eigenvalue weighted by Crippen LogP contribution is 2.19. The standard InChI is InChI=1S/C15H24N2O2/c1-10-6-5-7-14(12(10)3)13(4)17-15(19)16-11(2)8-9-18/h5-7,11,13,18H,8-9H2,1-4H3,(H2,16,17,19)/t11-,13?/m1/s1. The van der Waals surface area contributed by atoms with E-state index < -0.39 is 0 Å². The van der Waals surface area contributed by atoms with Crippen molar-refractivity contribution in [3.8, 4) is 0 Å². The number of urea groups is 1. The molecule has 0 aromatic heterocycles. The molecule has 0 aliphatic heterocycles. The van der Waals surface area contributed by atoms with Crippen LogP contribution in [0, 0.1) is 13.8 Å². The number of aryl methyl sites for hydroxylation is 1. The smallest absolute Gasteiger partial charge is 0.315 e. The molecule has 1 aromatic carbocycles. The predicted octanol–water partition coefficient (Wildman–Crippen LogP) is 2.43. The van der Waals surface area contributed by atoms with E-state index in [4.69, 9.17) is 5.11 Å². The number of carbonyl (C=O) groups is 1. The van der Waals surface area contributed by atoms with Crippen molar-refractivity contribution in [2.24, 2.45) is 0 Å². The monoisotopic (exact) mass is 264 g/mol. The Morgan fingerprint density at radius 3 is 2.58 bits per heavy atom. The molecule has 4 nitrogen and oxygen atoms in total. The molecule has 106 valence electrons. The molecule has 4 heteroatoms. The molecule has 1 rings (SSSR count). The molecule has 2 amide bonds. The summed E-state index contributed by atoms with van der Waals surface area (Å²) in [5.74, 6) is 0. The van der Waals surface area contributed by atoms with Crippen molar-refractivity contribution in [3.05, 3.63) is 34.9 Å². The zero-order valence-electron chi connectivity index (χ0n) is 12.2. The Kier molecular flexibility index (Phi) is 5.83. The van der Waals surface area contributed by atoms with E-state index in [2.05, 4.69) is 30.5 Å². The molecule has 1 unspecified atom stereocenters. The lowest BCUT2D eigenvalue weighted by Crippen LogP contribution is -2.42. The largest absolute Gasteiger partial charge is 0.396 e. The predicted molar refractivity (Wildman–Crippen MR) is 77.2 cm³/mol. The number of hydrogen-bond acceptors (Lipinski definition) is 2. The van der Waals surface area contributed by atoms with Gasteiger partial charge in [-0.3, -0.25) is 0 Å². The van der Waals surface area contributed by atoms with Gasteiger partial charge in [-0.15, -0.1) is 0 Å². The summed E-state index contributed by atoms with van der Waals surface area (Å²) in [7, 11) is 0. The number of nitrogens with one attached hydrogen (secondary N) is 2. The summed E-state index contributed by atoms with van der Waals surface area (Å²) < 4.78 is 0. The first kappa shape index (κ1) is 15.5. The van der Waals surface area contributed by atoms with Crippen molar-refractivity contribution in [3.63, 3.8) is 0 Å². The normalized spacial score (nSPS) is 13.7. The van der Waals surface area contributed by atoms with Gasteiger partial charge in [-0.2, -0.15) is 0 Å². The Morgan fingerprint density at radius 1 is 1.26 bits per heavy atom. The number of rotatable bonds is 5. The van der Waals surface area contributed by atoms with Crippen molar-refractivity contribution < 1.29 is 9.90 Å². The van der Waals surface area contributed by atoms with Crippen LogP contribution in [-0.2, 0) is 0 Å². The lowest BCUT2D eigenvalue weighted by atomic mass is 9.98. The Bertz CT molecular complexity index is 432. The average molecular weight is 264 g/mol. The third-order valence-corrected chi connectivity index (χ3v) is 3.40. The van der Waals surface area contributed by atoms with Crippen molar-refractivity contribution in [2.75, 3.05) is 6.61 Å². The first-order valence-corrected chi connectivity index (χ1v) is 6.69. The minimum absolute atomic E-state index is 0.0317. The van der Waals surface area contributed by atoms with Gasteiger partial charge in [0.05, 0.1) is 6.04 Å². The van der Waals surface area contributed by atoms with Gasteiger partial charge in [0.1, 0.15) is 0 Å². The lowest BCUT2D eigenvalue weighted by Gasteiger charge is -2.20. The molecule has 0 aliphatic rings. The molecule has 0 aliphatic carbocycles. The summed E-state index contributed by atoms with van der Waals surface area (Å²) in [6.45, 7) is 8.05. The third kappa shape index (κ3) is 4.56. The summed E-state index contributed by atoms with van der Waals surface area (Å²) in [5, 5.41) is 14.5. The van der Waals surface area contributed by atoms with Crippen LogP contribution in [0.5, 0.6) is 0 Å². The SMILES string of the molecule is Cc1cccc(C(C)NC(=O)N[C@H](C)CCO)c1C. The average Bonchev–Trinajstić information content (AvgIpc) is 2.32. The molecule has 0 radical (unpaired) electrons. The van der Waals surface area contributed by atoms with Gasteiger partial charge in [-0.05, 0) is 50.8 Å². The fourth-order valence-electron chi connectivity index (χ4n) is 2.05. The van der Waals surface area contributed by atoms with E-state index in [1.807, 2.05) is 26.0 Å². The van der Waals surface area contributed by atoms with E-state index in [-0.39, 0.29) is 24.7 Å². The lowest BCUT2D eigenvalue weighted by molar-refractivity contribution is 0.228. The zero-order chi connectivity index (χ0) is 14.4. The maximum atomic E-state index is 11.8. The quantitative estimate of drug-likeness (QED) is 0.765. The number of amides is 2. The van der Waals surface area contributed by atoms with Gasteiger partial charge >= 0.3 is 6.03 Å². The summed E-state index contributed by atoms with van der Waals surface area (Å²) in [6.07, 6.45) is 0.561. The van der Waals surface area contributed by atoms with Crippen molar-refractivity contribution in [2.45, 2.75) is 46.2 Å². The van der Waals surface area contributed by atoms with Crippen molar-refractivity contribution in [1.82, 2.24) is 10.6 Å². The van der Waals surface area contributed by atoms with Crippen LogP contribution in [0.3, 0.4) is 0 Å². The second-order valence-electron chi connectivity index (χ2n) is 5.04. The molecule has 0 fully saturated rings. The highest BCUT2D eigenvalue weighted by atomic mass is 16.3. The van der Waals surface area contributed by atoms with Gasteiger partial charge in [0.2, 0.25) is 0 Å². The second kappa shape index (κ2) is 7.14. The molecular weight excluding hydrogens is 240 g/mol. The number of aliphatic hydroxyl groups excluding tert-OH is 1.